The first-order valence-corrected chi connectivity index (χ1v) is 4.64. The largest absolute Gasteiger partial charge is 0.497 e. The Balaban J connectivity index is 3.15. The van der Waals surface area contributed by atoms with Gasteiger partial charge in [-0.15, -0.1) is 0 Å². The summed E-state index contributed by atoms with van der Waals surface area (Å²) in [6.07, 6.45) is -5.85. The zero-order valence-corrected chi connectivity index (χ0v) is 9.06. The van der Waals surface area contributed by atoms with Crippen molar-refractivity contribution in [2.75, 3.05) is 7.11 Å². The lowest BCUT2D eigenvalue weighted by atomic mass is 10.0. The first-order chi connectivity index (χ1) is 8.11. The number of hydrogen-bond acceptors (Lipinski definition) is 2. The van der Waals surface area contributed by atoms with Crippen molar-refractivity contribution in [2.24, 2.45) is 5.73 Å². The molecule has 0 saturated carbocycles. The summed E-state index contributed by atoms with van der Waals surface area (Å²) < 4.78 is 80.0. The summed E-state index contributed by atoms with van der Waals surface area (Å²) >= 11 is 0. The highest BCUT2D eigenvalue weighted by Crippen LogP contribution is 2.43. The summed E-state index contributed by atoms with van der Waals surface area (Å²) in [5.41, 5.74) is 3.87. The molecule has 1 aromatic rings. The minimum absolute atomic E-state index is 0.0150. The topological polar surface area (TPSA) is 35.2 Å². The summed E-state index contributed by atoms with van der Waals surface area (Å²) in [5.74, 6) is -6.52. The van der Waals surface area contributed by atoms with Crippen molar-refractivity contribution in [1.82, 2.24) is 0 Å². The van der Waals surface area contributed by atoms with Crippen molar-refractivity contribution in [3.8, 4) is 5.75 Å². The number of rotatable bonds is 3. The summed E-state index contributed by atoms with van der Waals surface area (Å²) in [6.45, 7) is 0. The molecule has 102 valence electrons. The molecule has 1 aromatic carbocycles. The lowest BCUT2D eigenvalue weighted by Crippen LogP contribution is -2.46. The van der Waals surface area contributed by atoms with Crippen LogP contribution in [0.1, 0.15) is 11.6 Å². The Morgan fingerprint density at radius 2 is 1.72 bits per heavy atom. The van der Waals surface area contributed by atoms with Crippen LogP contribution in [0.2, 0.25) is 0 Å². The fourth-order valence-electron chi connectivity index (χ4n) is 1.26. The van der Waals surface area contributed by atoms with Gasteiger partial charge < -0.3 is 10.5 Å². The molecule has 0 bridgehead atoms. The van der Waals surface area contributed by atoms with Gasteiger partial charge in [-0.05, 0) is 6.07 Å². The smallest absolute Gasteiger partial charge is 0.455 e. The van der Waals surface area contributed by atoms with Crippen LogP contribution in [0.15, 0.2) is 18.2 Å². The molecule has 0 amide bonds. The van der Waals surface area contributed by atoms with Crippen molar-refractivity contribution >= 4 is 0 Å². The third kappa shape index (κ3) is 2.53. The van der Waals surface area contributed by atoms with Gasteiger partial charge in [0.05, 0.1) is 7.11 Å². The van der Waals surface area contributed by atoms with Gasteiger partial charge in [0.15, 0.2) is 0 Å². The number of benzene rings is 1. The summed E-state index contributed by atoms with van der Waals surface area (Å²) in [6, 6.07) is -0.353. The summed E-state index contributed by atoms with van der Waals surface area (Å²) in [5, 5.41) is 0. The van der Waals surface area contributed by atoms with Gasteiger partial charge in [-0.3, -0.25) is 0 Å². The van der Waals surface area contributed by atoms with Gasteiger partial charge in [-0.2, -0.15) is 22.0 Å². The highest BCUT2D eigenvalue weighted by Gasteiger charge is 2.62. The first-order valence-electron chi connectivity index (χ1n) is 4.64. The molecule has 0 fully saturated rings. The number of hydrogen-bond donors (Lipinski definition) is 1. The van der Waals surface area contributed by atoms with Gasteiger partial charge in [0.25, 0.3) is 0 Å². The molecule has 8 heteroatoms. The van der Waals surface area contributed by atoms with Crippen LogP contribution < -0.4 is 10.5 Å². The van der Waals surface area contributed by atoms with Crippen LogP contribution in [-0.2, 0) is 0 Å². The lowest BCUT2D eigenvalue weighted by Gasteiger charge is -2.26. The molecule has 18 heavy (non-hydrogen) atoms. The standard InChI is InChI=1S/C10H9F6NO/c1-18-5-2-3-6(7(11)4-5)8(17)9(12,13)10(14,15)16/h2-4,8H,17H2,1H3/t8-/m1/s1. The van der Waals surface area contributed by atoms with E-state index in [-0.39, 0.29) is 5.75 Å². The van der Waals surface area contributed by atoms with Crippen molar-refractivity contribution in [2.45, 2.75) is 18.1 Å². The minimum atomic E-state index is -5.85. The number of methoxy groups -OCH3 is 1. The second-order valence-corrected chi connectivity index (χ2v) is 3.49. The molecule has 0 spiro atoms. The van der Waals surface area contributed by atoms with E-state index < -0.39 is 29.5 Å². The van der Waals surface area contributed by atoms with E-state index in [9.17, 15) is 26.3 Å². The van der Waals surface area contributed by atoms with E-state index in [4.69, 9.17) is 5.73 Å². The predicted molar refractivity (Wildman–Crippen MR) is 50.9 cm³/mol. The minimum Gasteiger partial charge on any atom is -0.497 e. The van der Waals surface area contributed by atoms with Gasteiger partial charge in [-0.1, -0.05) is 6.07 Å². The molecular weight excluding hydrogens is 264 g/mol. The molecule has 0 unspecified atom stereocenters. The number of nitrogens with two attached hydrogens (primary N) is 1. The van der Waals surface area contributed by atoms with Gasteiger partial charge in [0.1, 0.15) is 17.6 Å². The molecule has 0 aromatic heterocycles. The Labute approximate surface area is 98.3 Å². The third-order valence-electron chi connectivity index (χ3n) is 2.31. The van der Waals surface area contributed by atoms with Gasteiger partial charge in [0, 0.05) is 11.6 Å². The van der Waals surface area contributed by atoms with E-state index in [0.717, 1.165) is 12.1 Å². The van der Waals surface area contributed by atoms with Crippen molar-refractivity contribution in [3.05, 3.63) is 29.6 Å². The average Bonchev–Trinajstić information content (AvgIpc) is 2.26. The molecular formula is C10H9F6NO. The second-order valence-electron chi connectivity index (χ2n) is 3.49. The Morgan fingerprint density at radius 3 is 2.11 bits per heavy atom. The van der Waals surface area contributed by atoms with E-state index in [1.807, 2.05) is 0 Å². The molecule has 0 saturated heterocycles. The highest BCUT2D eigenvalue weighted by molar-refractivity contribution is 5.32. The zero-order valence-electron chi connectivity index (χ0n) is 9.06. The van der Waals surface area contributed by atoms with Crippen LogP contribution in [-0.4, -0.2) is 19.2 Å². The molecule has 0 heterocycles. The van der Waals surface area contributed by atoms with Crippen LogP contribution in [0.25, 0.3) is 0 Å². The first kappa shape index (κ1) is 14.6. The number of halogens is 6. The monoisotopic (exact) mass is 273 g/mol. The fraction of sp³-hybridized carbons (Fsp3) is 0.400. The van der Waals surface area contributed by atoms with E-state index in [0.29, 0.717) is 6.07 Å². The van der Waals surface area contributed by atoms with E-state index in [1.165, 1.54) is 7.11 Å². The number of ether oxygens (including phenoxy) is 1. The molecule has 1 rings (SSSR count). The molecule has 2 nitrogen and oxygen atoms in total. The normalized spacial score (nSPS) is 14.4. The maximum absolute atomic E-state index is 13.3. The van der Waals surface area contributed by atoms with Crippen LogP contribution in [0.5, 0.6) is 5.75 Å². The molecule has 1 atom stereocenters. The van der Waals surface area contributed by atoms with Gasteiger partial charge in [0.2, 0.25) is 0 Å². The molecule has 0 aliphatic rings. The van der Waals surface area contributed by atoms with Crippen molar-refractivity contribution in [1.29, 1.82) is 0 Å². The zero-order chi connectivity index (χ0) is 14.1. The van der Waals surface area contributed by atoms with Gasteiger partial charge in [-0.25, -0.2) is 4.39 Å². The Hall–Kier alpha value is -1.44. The van der Waals surface area contributed by atoms with Crippen molar-refractivity contribution in [3.63, 3.8) is 0 Å². The van der Waals surface area contributed by atoms with Crippen LogP contribution >= 0.6 is 0 Å². The number of alkyl halides is 5. The van der Waals surface area contributed by atoms with Gasteiger partial charge >= 0.3 is 12.1 Å². The Bertz CT molecular complexity index is 431. The molecule has 0 radical (unpaired) electrons. The molecule has 0 aliphatic carbocycles. The fourth-order valence-corrected chi connectivity index (χ4v) is 1.26. The van der Waals surface area contributed by atoms with E-state index in [2.05, 4.69) is 4.74 Å². The maximum Gasteiger partial charge on any atom is 0.455 e. The summed E-state index contributed by atoms with van der Waals surface area (Å²) in [7, 11) is 1.19. The molecule has 2 N–H and O–H groups in total. The Kier molecular flexibility index (Phi) is 3.80. The lowest BCUT2D eigenvalue weighted by molar-refractivity contribution is -0.291. The second kappa shape index (κ2) is 4.68. The van der Waals surface area contributed by atoms with Crippen molar-refractivity contribution < 1.29 is 31.1 Å². The van der Waals surface area contributed by atoms with Crippen LogP contribution in [0, 0.1) is 5.82 Å². The van der Waals surface area contributed by atoms with Crippen LogP contribution in [0.3, 0.4) is 0 Å². The van der Waals surface area contributed by atoms with E-state index >= 15 is 0 Å². The average molecular weight is 273 g/mol. The molecule has 0 aliphatic heterocycles. The Morgan fingerprint density at radius 1 is 1.17 bits per heavy atom. The van der Waals surface area contributed by atoms with E-state index in [1.54, 1.807) is 0 Å². The SMILES string of the molecule is COc1ccc([C@@H](N)C(F)(F)C(F)(F)F)c(F)c1. The predicted octanol–water partition coefficient (Wildman–Crippen LogP) is 3.03. The highest BCUT2D eigenvalue weighted by atomic mass is 19.4. The quantitative estimate of drug-likeness (QED) is 0.859. The third-order valence-corrected chi connectivity index (χ3v) is 2.31. The summed E-state index contributed by atoms with van der Waals surface area (Å²) in [4.78, 5) is 0. The maximum atomic E-state index is 13.3. The van der Waals surface area contributed by atoms with Crippen LogP contribution in [0.4, 0.5) is 26.3 Å².